The molecule has 0 unspecified atom stereocenters. The first-order chi connectivity index (χ1) is 15.5. The fraction of sp³-hybridized carbons (Fsp3) is 0.583. The molecule has 1 aromatic carbocycles. The van der Waals surface area contributed by atoms with Gasteiger partial charge in [-0.15, -0.1) is 5.10 Å². The van der Waals surface area contributed by atoms with Gasteiger partial charge in [-0.05, 0) is 91.2 Å². The van der Waals surface area contributed by atoms with Gasteiger partial charge in [0.15, 0.2) is 5.78 Å². The molecule has 1 aromatic heterocycles. The first kappa shape index (κ1) is 21.3. The van der Waals surface area contributed by atoms with Crippen LogP contribution >= 0.6 is 0 Å². The van der Waals surface area contributed by atoms with E-state index in [-0.39, 0.29) is 5.78 Å². The molecule has 5 rings (SSSR count). The second-order valence-corrected chi connectivity index (χ2v) is 9.70. The smallest absolute Gasteiger partial charge is 0.157 e. The van der Waals surface area contributed by atoms with E-state index in [1.54, 1.807) is 11.0 Å². The summed E-state index contributed by atoms with van der Waals surface area (Å²) >= 11 is 0. The highest BCUT2D eigenvalue weighted by atomic mass is 16.3. The number of ketones is 1. The number of allylic oxidation sites excluding steroid dienone is 2. The van der Waals surface area contributed by atoms with Gasteiger partial charge in [-0.1, -0.05) is 6.07 Å². The van der Waals surface area contributed by atoms with Crippen LogP contribution < -0.4 is 0 Å². The molecule has 8 nitrogen and oxygen atoms in total. The third-order valence-electron chi connectivity index (χ3n) is 7.76. The number of aromatic nitrogens is 4. The van der Waals surface area contributed by atoms with Gasteiger partial charge >= 0.3 is 0 Å². The molecule has 0 bridgehead atoms. The maximum atomic E-state index is 11.6. The lowest BCUT2D eigenvalue weighted by Crippen LogP contribution is -2.47. The molecule has 2 fully saturated rings. The van der Waals surface area contributed by atoms with E-state index >= 15 is 0 Å². The fourth-order valence-electron chi connectivity index (χ4n) is 5.61. The van der Waals surface area contributed by atoms with Crippen LogP contribution in [0, 0.1) is 12.3 Å². The minimum Gasteiger partial charge on any atom is -0.387 e. The van der Waals surface area contributed by atoms with Gasteiger partial charge < -0.3 is 14.9 Å². The summed E-state index contributed by atoms with van der Waals surface area (Å²) in [6.07, 6.45) is 9.37. The van der Waals surface area contributed by atoms with Crippen LogP contribution in [0.5, 0.6) is 0 Å². The van der Waals surface area contributed by atoms with Gasteiger partial charge in [-0.3, -0.25) is 4.79 Å². The van der Waals surface area contributed by atoms with Crippen LogP contribution in [0.2, 0.25) is 0 Å². The van der Waals surface area contributed by atoms with Crippen LogP contribution in [0.15, 0.2) is 36.3 Å². The summed E-state index contributed by atoms with van der Waals surface area (Å²) in [6, 6.07) is 5.95. The Balaban J connectivity index is 1.14. The summed E-state index contributed by atoms with van der Waals surface area (Å²) in [5.41, 5.74) is 4.60. The van der Waals surface area contributed by atoms with E-state index in [1.807, 2.05) is 31.2 Å². The predicted octanol–water partition coefficient (Wildman–Crippen LogP) is 2.43. The Morgan fingerprint density at radius 3 is 2.47 bits per heavy atom. The summed E-state index contributed by atoms with van der Waals surface area (Å²) in [7, 11) is 0. The van der Waals surface area contributed by atoms with Crippen LogP contribution in [-0.2, 0) is 4.79 Å². The number of carbonyl (C=O) groups is 1. The molecule has 170 valence electrons. The number of aliphatic hydroxyl groups excluding tert-OH is 1. The number of aliphatic hydroxyl groups is 1. The van der Waals surface area contributed by atoms with Crippen molar-refractivity contribution in [3.05, 3.63) is 47.4 Å². The highest BCUT2D eigenvalue weighted by molar-refractivity contribution is 5.92. The van der Waals surface area contributed by atoms with E-state index in [2.05, 4.69) is 25.3 Å². The monoisotopic (exact) mass is 436 g/mol. The maximum absolute atomic E-state index is 11.6. The summed E-state index contributed by atoms with van der Waals surface area (Å²) in [6.45, 7) is 6.93. The number of rotatable bonds is 5. The number of hydrogen-bond acceptors (Lipinski definition) is 7. The van der Waals surface area contributed by atoms with E-state index < -0.39 is 6.10 Å². The number of benzene rings is 1. The first-order valence-electron chi connectivity index (χ1n) is 11.7. The molecule has 1 spiro atoms. The van der Waals surface area contributed by atoms with Gasteiger partial charge in [-0.2, -0.15) is 0 Å². The standard InChI is InChI=1S/C24H32N6O2/c1-18-14-20(30-17-25-26-27-30)3-5-22(18)23(32)16-28-10-6-24(7-11-28)8-12-29(13-9-24)19-2-4-21(31)15-19/h3,5,14-15,17,23,32H,2,4,6-13,16H2,1H3/t23-/m0/s1. The van der Waals surface area contributed by atoms with Crippen molar-refractivity contribution < 1.29 is 9.90 Å². The number of nitrogens with zero attached hydrogens (tertiary/aromatic N) is 6. The lowest BCUT2D eigenvalue weighted by Gasteiger charge is -2.48. The number of hydrogen-bond donors (Lipinski definition) is 1. The fourth-order valence-corrected chi connectivity index (χ4v) is 5.61. The molecular weight excluding hydrogens is 404 g/mol. The predicted molar refractivity (Wildman–Crippen MR) is 120 cm³/mol. The van der Waals surface area contributed by atoms with Crippen molar-refractivity contribution in [1.29, 1.82) is 0 Å². The molecule has 0 radical (unpaired) electrons. The van der Waals surface area contributed by atoms with Gasteiger partial charge in [0.1, 0.15) is 6.33 Å². The van der Waals surface area contributed by atoms with Crippen LogP contribution in [0.4, 0.5) is 0 Å². The van der Waals surface area contributed by atoms with Gasteiger partial charge in [0.05, 0.1) is 11.8 Å². The van der Waals surface area contributed by atoms with Crippen LogP contribution in [0.3, 0.4) is 0 Å². The zero-order chi connectivity index (χ0) is 22.1. The van der Waals surface area contributed by atoms with Crippen molar-refractivity contribution in [3.63, 3.8) is 0 Å². The Morgan fingerprint density at radius 2 is 1.84 bits per heavy atom. The zero-order valence-corrected chi connectivity index (χ0v) is 18.8. The molecule has 2 aliphatic heterocycles. The largest absolute Gasteiger partial charge is 0.387 e. The Hall–Kier alpha value is -2.58. The van der Waals surface area contributed by atoms with Crippen molar-refractivity contribution in [3.8, 4) is 5.69 Å². The summed E-state index contributed by atoms with van der Waals surface area (Å²) in [5, 5.41) is 22.2. The van der Waals surface area contributed by atoms with E-state index in [1.165, 1.54) is 31.4 Å². The zero-order valence-electron chi connectivity index (χ0n) is 18.8. The third-order valence-corrected chi connectivity index (χ3v) is 7.76. The molecule has 2 aromatic rings. The molecule has 3 heterocycles. The molecule has 1 aliphatic carbocycles. The third kappa shape index (κ3) is 4.34. The average molecular weight is 437 g/mol. The summed E-state index contributed by atoms with van der Waals surface area (Å²) in [4.78, 5) is 16.4. The number of carbonyl (C=O) groups excluding carboxylic acids is 1. The second kappa shape index (κ2) is 8.75. The highest BCUT2D eigenvalue weighted by Crippen LogP contribution is 2.42. The number of tetrazole rings is 1. The number of β-amino-alcohol motifs (C(OH)–C–C–N with tert-alkyl or cyclic N) is 1. The molecule has 0 amide bonds. The lowest BCUT2D eigenvalue weighted by atomic mass is 9.71. The van der Waals surface area contributed by atoms with E-state index in [9.17, 15) is 9.90 Å². The molecule has 32 heavy (non-hydrogen) atoms. The lowest BCUT2D eigenvalue weighted by molar-refractivity contribution is -0.114. The van der Waals surface area contributed by atoms with Gasteiger partial charge in [0.25, 0.3) is 0 Å². The topological polar surface area (TPSA) is 87.4 Å². The van der Waals surface area contributed by atoms with E-state index in [0.29, 0.717) is 18.4 Å². The minimum atomic E-state index is -0.499. The molecular formula is C24H32N6O2. The van der Waals surface area contributed by atoms with Crippen molar-refractivity contribution >= 4 is 5.78 Å². The summed E-state index contributed by atoms with van der Waals surface area (Å²) in [5.74, 6) is 0.285. The van der Waals surface area contributed by atoms with Gasteiger partial charge in [0, 0.05) is 37.8 Å². The van der Waals surface area contributed by atoms with Crippen LogP contribution in [0.1, 0.15) is 55.8 Å². The molecule has 1 N–H and O–H groups in total. The maximum Gasteiger partial charge on any atom is 0.157 e. The Labute approximate surface area is 188 Å². The number of aryl methyl sites for hydroxylation is 1. The molecule has 1 atom stereocenters. The molecule has 0 saturated carbocycles. The second-order valence-electron chi connectivity index (χ2n) is 9.70. The van der Waals surface area contributed by atoms with Crippen LogP contribution in [-0.4, -0.2) is 73.6 Å². The Kier molecular flexibility index (Phi) is 5.82. The van der Waals surface area contributed by atoms with Crippen molar-refractivity contribution in [2.45, 2.75) is 51.6 Å². The van der Waals surface area contributed by atoms with Crippen molar-refractivity contribution in [2.75, 3.05) is 32.7 Å². The average Bonchev–Trinajstić information content (AvgIpc) is 3.48. The SMILES string of the molecule is Cc1cc(-n2cnnn2)ccc1[C@@H](O)CN1CCC2(CC1)CCN(C1=CC(=O)CC1)CC2. The number of likely N-dealkylation sites (tertiary alicyclic amines) is 2. The van der Waals surface area contributed by atoms with Crippen molar-refractivity contribution in [2.24, 2.45) is 5.41 Å². The molecule has 2 saturated heterocycles. The molecule has 8 heteroatoms. The van der Waals surface area contributed by atoms with Crippen LogP contribution in [0.25, 0.3) is 5.69 Å². The Bertz CT molecular complexity index is 984. The molecule has 3 aliphatic rings. The normalized spacial score (nSPS) is 22.4. The van der Waals surface area contributed by atoms with E-state index in [0.717, 1.165) is 49.4 Å². The number of piperidine rings is 2. The minimum absolute atomic E-state index is 0.285. The van der Waals surface area contributed by atoms with Crippen molar-refractivity contribution in [1.82, 2.24) is 30.0 Å². The summed E-state index contributed by atoms with van der Waals surface area (Å²) < 4.78 is 1.62. The van der Waals surface area contributed by atoms with Gasteiger partial charge in [-0.25, -0.2) is 4.68 Å². The quantitative estimate of drug-likeness (QED) is 0.770. The van der Waals surface area contributed by atoms with Gasteiger partial charge in [0.2, 0.25) is 0 Å². The van der Waals surface area contributed by atoms with E-state index in [4.69, 9.17) is 0 Å². The highest BCUT2D eigenvalue weighted by Gasteiger charge is 2.38. The first-order valence-corrected chi connectivity index (χ1v) is 11.7. The Morgan fingerprint density at radius 1 is 1.09 bits per heavy atom.